The Bertz CT molecular complexity index is 433. The van der Waals surface area contributed by atoms with Gasteiger partial charge in [-0.05, 0) is 19.3 Å². The van der Waals surface area contributed by atoms with Gasteiger partial charge in [-0.2, -0.15) is 4.98 Å². The van der Waals surface area contributed by atoms with Crippen LogP contribution in [0.2, 0.25) is 0 Å². The Hall–Kier alpha value is -0.940. The van der Waals surface area contributed by atoms with Gasteiger partial charge in [-0.25, -0.2) is 0 Å². The topological polar surface area (TPSA) is 54.2 Å². The van der Waals surface area contributed by atoms with E-state index in [1.54, 1.807) is 0 Å². The first kappa shape index (κ1) is 14.0. The van der Waals surface area contributed by atoms with Gasteiger partial charge in [0.1, 0.15) is 0 Å². The summed E-state index contributed by atoms with van der Waals surface area (Å²) in [7, 11) is 0. The minimum Gasteiger partial charge on any atom is -0.339 e. The Morgan fingerprint density at radius 1 is 1.30 bits per heavy atom. The molecule has 2 heterocycles. The average Bonchev–Trinajstić information content (AvgIpc) is 3.11. The van der Waals surface area contributed by atoms with E-state index >= 15 is 0 Å². The first-order valence-electron chi connectivity index (χ1n) is 8.02. The number of piperazine rings is 1. The Kier molecular flexibility index (Phi) is 4.08. The van der Waals surface area contributed by atoms with Gasteiger partial charge >= 0.3 is 0 Å². The predicted molar refractivity (Wildman–Crippen MR) is 77.6 cm³/mol. The van der Waals surface area contributed by atoms with Crippen LogP contribution in [-0.4, -0.2) is 41.2 Å². The highest BCUT2D eigenvalue weighted by atomic mass is 16.5. The van der Waals surface area contributed by atoms with Gasteiger partial charge in [0.05, 0.1) is 6.04 Å². The molecule has 1 aromatic heterocycles. The van der Waals surface area contributed by atoms with Crippen LogP contribution in [0.5, 0.6) is 0 Å². The molecule has 112 valence electrons. The molecular formula is C15H26N4O. The summed E-state index contributed by atoms with van der Waals surface area (Å²) in [6, 6.07) is 0.305. The quantitative estimate of drug-likeness (QED) is 0.915. The van der Waals surface area contributed by atoms with E-state index in [4.69, 9.17) is 9.51 Å². The maximum atomic E-state index is 5.62. The highest BCUT2D eigenvalue weighted by Gasteiger charge is 2.37. The molecule has 1 aromatic rings. The van der Waals surface area contributed by atoms with Gasteiger partial charge in [-0.15, -0.1) is 0 Å². The molecule has 2 fully saturated rings. The second-order valence-corrected chi connectivity index (χ2v) is 6.44. The summed E-state index contributed by atoms with van der Waals surface area (Å²) in [5.41, 5.74) is 0.118. The summed E-state index contributed by atoms with van der Waals surface area (Å²) < 4.78 is 5.62. The van der Waals surface area contributed by atoms with E-state index in [9.17, 15) is 0 Å². The fourth-order valence-corrected chi connectivity index (χ4v) is 3.58. The van der Waals surface area contributed by atoms with Crippen molar-refractivity contribution < 1.29 is 4.52 Å². The number of hydrogen-bond acceptors (Lipinski definition) is 5. The van der Waals surface area contributed by atoms with E-state index < -0.39 is 0 Å². The first-order chi connectivity index (χ1) is 9.73. The molecule has 1 unspecified atom stereocenters. The van der Waals surface area contributed by atoms with Crippen molar-refractivity contribution in [2.75, 3.05) is 26.2 Å². The molecule has 0 spiro atoms. The SMILES string of the molecule is CCC(c1noc(C2(C)CCCC2)n1)N1CCNCC1. The number of aromatic nitrogens is 2. The molecule has 0 radical (unpaired) electrons. The molecule has 1 saturated carbocycles. The molecular weight excluding hydrogens is 252 g/mol. The first-order valence-corrected chi connectivity index (χ1v) is 8.02. The minimum absolute atomic E-state index is 0.118. The van der Waals surface area contributed by atoms with Crippen LogP contribution < -0.4 is 5.32 Å². The van der Waals surface area contributed by atoms with Crippen molar-refractivity contribution in [1.29, 1.82) is 0 Å². The van der Waals surface area contributed by atoms with Crippen molar-refractivity contribution in [2.45, 2.75) is 57.4 Å². The molecule has 1 atom stereocenters. The largest absolute Gasteiger partial charge is 0.339 e. The van der Waals surface area contributed by atoms with Crippen LogP contribution in [0, 0.1) is 0 Å². The predicted octanol–water partition coefficient (Wildman–Crippen LogP) is 2.26. The lowest BCUT2D eigenvalue weighted by Crippen LogP contribution is -2.45. The van der Waals surface area contributed by atoms with Crippen LogP contribution in [0.4, 0.5) is 0 Å². The van der Waals surface area contributed by atoms with E-state index in [0.717, 1.165) is 44.3 Å². The molecule has 0 aromatic carbocycles. The molecule has 1 aliphatic carbocycles. The normalized spacial score (nSPS) is 24.9. The Labute approximate surface area is 121 Å². The molecule has 5 heteroatoms. The number of nitrogens with zero attached hydrogens (tertiary/aromatic N) is 3. The third kappa shape index (κ3) is 2.61. The molecule has 0 bridgehead atoms. The fourth-order valence-electron chi connectivity index (χ4n) is 3.58. The van der Waals surface area contributed by atoms with Crippen molar-refractivity contribution in [2.24, 2.45) is 0 Å². The lowest BCUT2D eigenvalue weighted by Gasteiger charge is -2.32. The van der Waals surface area contributed by atoms with Crippen LogP contribution in [0.25, 0.3) is 0 Å². The minimum atomic E-state index is 0.118. The molecule has 20 heavy (non-hydrogen) atoms. The van der Waals surface area contributed by atoms with Crippen LogP contribution >= 0.6 is 0 Å². The summed E-state index contributed by atoms with van der Waals surface area (Å²) in [5, 5.41) is 7.70. The summed E-state index contributed by atoms with van der Waals surface area (Å²) in [6.07, 6.45) is 5.96. The molecule has 1 saturated heterocycles. The van der Waals surface area contributed by atoms with Crippen molar-refractivity contribution in [3.63, 3.8) is 0 Å². The highest BCUT2D eigenvalue weighted by molar-refractivity contribution is 5.07. The van der Waals surface area contributed by atoms with E-state index in [-0.39, 0.29) is 5.41 Å². The molecule has 1 aliphatic heterocycles. The lowest BCUT2D eigenvalue weighted by atomic mass is 9.89. The van der Waals surface area contributed by atoms with E-state index in [1.165, 1.54) is 25.7 Å². The summed E-state index contributed by atoms with van der Waals surface area (Å²) in [6.45, 7) is 8.72. The average molecular weight is 278 g/mol. The monoisotopic (exact) mass is 278 g/mol. The Balaban J connectivity index is 1.77. The van der Waals surface area contributed by atoms with E-state index in [2.05, 4.69) is 29.2 Å². The summed E-state index contributed by atoms with van der Waals surface area (Å²) >= 11 is 0. The van der Waals surface area contributed by atoms with Gasteiger partial charge in [0.2, 0.25) is 5.89 Å². The molecule has 5 nitrogen and oxygen atoms in total. The van der Waals surface area contributed by atoms with Gasteiger partial charge in [0.15, 0.2) is 5.82 Å². The van der Waals surface area contributed by atoms with Gasteiger partial charge < -0.3 is 9.84 Å². The zero-order chi connectivity index (χ0) is 14.0. The fraction of sp³-hybridized carbons (Fsp3) is 0.867. The van der Waals surface area contributed by atoms with Crippen LogP contribution in [-0.2, 0) is 5.41 Å². The number of rotatable bonds is 4. The third-order valence-electron chi connectivity index (χ3n) is 4.94. The number of nitrogens with one attached hydrogen (secondary N) is 1. The highest BCUT2D eigenvalue weighted by Crippen LogP contribution is 2.40. The number of hydrogen-bond donors (Lipinski definition) is 1. The standard InChI is InChI=1S/C15H26N4O/c1-3-12(19-10-8-16-9-11-19)13-17-14(20-18-13)15(2)6-4-5-7-15/h12,16H,3-11H2,1-2H3. The van der Waals surface area contributed by atoms with E-state index in [0.29, 0.717) is 6.04 Å². The molecule has 2 aliphatic rings. The zero-order valence-electron chi connectivity index (χ0n) is 12.7. The van der Waals surface area contributed by atoms with Crippen LogP contribution in [0.3, 0.4) is 0 Å². The summed E-state index contributed by atoms with van der Waals surface area (Å²) in [4.78, 5) is 7.24. The lowest BCUT2D eigenvalue weighted by molar-refractivity contribution is 0.160. The van der Waals surface area contributed by atoms with Gasteiger partial charge in [-0.3, -0.25) is 4.90 Å². The molecule has 1 N–H and O–H groups in total. The smallest absolute Gasteiger partial charge is 0.232 e. The Morgan fingerprint density at radius 3 is 2.65 bits per heavy atom. The van der Waals surface area contributed by atoms with Crippen LogP contribution in [0.1, 0.15) is 63.7 Å². The third-order valence-corrected chi connectivity index (χ3v) is 4.94. The van der Waals surface area contributed by atoms with Crippen molar-refractivity contribution >= 4 is 0 Å². The molecule has 3 rings (SSSR count). The second-order valence-electron chi connectivity index (χ2n) is 6.44. The van der Waals surface area contributed by atoms with Gasteiger partial charge in [-0.1, -0.05) is 31.8 Å². The van der Waals surface area contributed by atoms with Gasteiger partial charge in [0.25, 0.3) is 0 Å². The maximum absolute atomic E-state index is 5.62. The van der Waals surface area contributed by atoms with Gasteiger partial charge in [0, 0.05) is 31.6 Å². The molecule has 0 amide bonds. The van der Waals surface area contributed by atoms with Crippen molar-refractivity contribution in [3.8, 4) is 0 Å². The van der Waals surface area contributed by atoms with Crippen molar-refractivity contribution in [3.05, 3.63) is 11.7 Å². The second kappa shape index (κ2) is 5.82. The van der Waals surface area contributed by atoms with Crippen molar-refractivity contribution in [1.82, 2.24) is 20.4 Å². The summed E-state index contributed by atoms with van der Waals surface area (Å²) in [5.74, 6) is 1.75. The van der Waals surface area contributed by atoms with Crippen LogP contribution in [0.15, 0.2) is 4.52 Å². The zero-order valence-corrected chi connectivity index (χ0v) is 12.7. The maximum Gasteiger partial charge on any atom is 0.232 e. The Morgan fingerprint density at radius 2 is 2.00 bits per heavy atom. The van der Waals surface area contributed by atoms with E-state index in [1.807, 2.05) is 0 Å².